The maximum absolute atomic E-state index is 11.3. The van der Waals surface area contributed by atoms with E-state index in [0.717, 1.165) is 19.5 Å². The van der Waals surface area contributed by atoms with E-state index in [9.17, 15) is 4.79 Å². The first-order valence-corrected chi connectivity index (χ1v) is 5.35. The summed E-state index contributed by atoms with van der Waals surface area (Å²) in [6.45, 7) is 4.24. The SMILES string of the molecule is CCC1CN(C(=O)CBr)CCO1. The summed E-state index contributed by atoms with van der Waals surface area (Å²) >= 11 is 3.16. The Balaban J connectivity index is 2.40. The van der Waals surface area contributed by atoms with Crippen LogP contribution in [-0.2, 0) is 9.53 Å². The van der Waals surface area contributed by atoms with E-state index < -0.39 is 0 Å². The van der Waals surface area contributed by atoms with Gasteiger partial charge in [0.2, 0.25) is 5.91 Å². The first kappa shape index (κ1) is 9.99. The summed E-state index contributed by atoms with van der Waals surface area (Å²) < 4.78 is 5.44. The van der Waals surface area contributed by atoms with Gasteiger partial charge in [-0.05, 0) is 6.42 Å². The van der Waals surface area contributed by atoms with Crippen molar-refractivity contribution in [2.75, 3.05) is 25.0 Å². The van der Waals surface area contributed by atoms with E-state index in [1.807, 2.05) is 4.90 Å². The Bertz CT molecular complexity index is 163. The van der Waals surface area contributed by atoms with E-state index in [1.54, 1.807) is 0 Å². The minimum atomic E-state index is 0.164. The highest BCUT2D eigenvalue weighted by atomic mass is 79.9. The molecule has 12 heavy (non-hydrogen) atoms. The van der Waals surface area contributed by atoms with E-state index in [-0.39, 0.29) is 12.0 Å². The van der Waals surface area contributed by atoms with Gasteiger partial charge in [-0.1, -0.05) is 22.9 Å². The third-order valence-electron chi connectivity index (χ3n) is 2.06. The molecule has 0 spiro atoms. The van der Waals surface area contributed by atoms with Gasteiger partial charge >= 0.3 is 0 Å². The third kappa shape index (κ3) is 2.45. The summed E-state index contributed by atoms with van der Waals surface area (Å²) in [4.78, 5) is 13.1. The van der Waals surface area contributed by atoms with Crippen molar-refractivity contribution < 1.29 is 9.53 Å². The normalized spacial score (nSPS) is 24.2. The van der Waals surface area contributed by atoms with Crippen molar-refractivity contribution in [3.63, 3.8) is 0 Å². The second kappa shape index (κ2) is 4.82. The fourth-order valence-corrected chi connectivity index (χ4v) is 1.63. The maximum atomic E-state index is 11.3. The molecule has 70 valence electrons. The second-order valence-corrected chi connectivity index (χ2v) is 3.44. The molecule has 0 N–H and O–H groups in total. The van der Waals surface area contributed by atoms with Gasteiger partial charge in [0.05, 0.1) is 18.0 Å². The molecule has 0 aliphatic carbocycles. The van der Waals surface area contributed by atoms with Gasteiger partial charge in [-0.3, -0.25) is 4.79 Å². The summed E-state index contributed by atoms with van der Waals surface area (Å²) in [5.41, 5.74) is 0. The molecule has 0 bridgehead atoms. The molecule has 1 amide bonds. The second-order valence-electron chi connectivity index (χ2n) is 2.87. The van der Waals surface area contributed by atoms with Crippen LogP contribution in [0.25, 0.3) is 0 Å². The third-order valence-corrected chi connectivity index (χ3v) is 2.54. The Morgan fingerprint density at radius 3 is 3.08 bits per heavy atom. The average molecular weight is 236 g/mol. The van der Waals surface area contributed by atoms with Gasteiger partial charge < -0.3 is 9.64 Å². The number of halogens is 1. The fourth-order valence-electron chi connectivity index (χ4n) is 1.28. The largest absolute Gasteiger partial charge is 0.375 e. The lowest BCUT2D eigenvalue weighted by Crippen LogP contribution is -2.45. The topological polar surface area (TPSA) is 29.5 Å². The molecular weight excluding hydrogens is 222 g/mol. The van der Waals surface area contributed by atoms with Crippen LogP contribution in [0.15, 0.2) is 0 Å². The molecule has 3 nitrogen and oxygen atoms in total. The molecular formula is C8H14BrNO2. The van der Waals surface area contributed by atoms with Crippen molar-refractivity contribution in [3.8, 4) is 0 Å². The Labute approximate surface area is 81.2 Å². The zero-order chi connectivity index (χ0) is 8.97. The predicted molar refractivity (Wildman–Crippen MR) is 50.4 cm³/mol. The lowest BCUT2D eigenvalue weighted by Gasteiger charge is -2.32. The summed E-state index contributed by atoms with van der Waals surface area (Å²) in [6, 6.07) is 0. The van der Waals surface area contributed by atoms with Crippen molar-refractivity contribution in [1.29, 1.82) is 0 Å². The van der Waals surface area contributed by atoms with Crippen LogP contribution >= 0.6 is 15.9 Å². The van der Waals surface area contributed by atoms with Gasteiger partial charge in [0.15, 0.2) is 0 Å². The summed E-state index contributed by atoms with van der Waals surface area (Å²) in [7, 11) is 0. The molecule has 1 rings (SSSR count). The highest BCUT2D eigenvalue weighted by Gasteiger charge is 2.21. The van der Waals surface area contributed by atoms with Gasteiger partial charge in [-0.25, -0.2) is 0 Å². The number of rotatable bonds is 2. The zero-order valence-electron chi connectivity index (χ0n) is 7.25. The molecule has 0 radical (unpaired) electrons. The number of amides is 1. The molecule has 1 fully saturated rings. The molecule has 4 heteroatoms. The highest BCUT2D eigenvalue weighted by molar-refractivity contribution is 9.09. The smallest absolute Gasteiger partial charge is 0.233 e. The van der Waals surface area contributed by atoms with E-state index >= 15 is 0 Å². The van der Waals surface area contributed by atoms with E-state index in [0.29, 0.717) is 11.9 Å². The van der Waals surface area contributed by atoms with Gasteiger partial charge in [0, 0.05) is 13.1 Å². The number of ether oxygens (including phenoxy) is 1. The summed E-state index contributed by atoms with van der Waals surface area (Å²) in [5.74, 6) is 0.164. The predicted octanol–water partition coefficient (Wildman–Crippen LogP) is 1.02. The van der Waals surface area contributed by atoms with Crippen LogP contribution in [0.3, 0.4) is 0 Å². The number of morpholine rings is 1. The Morgan fingerprint density at radius 2 is 2.50 bits per heavy atom. The standard InChI is InChI=1S/C8H14BrNO2/c1-2-7-6-10(3-4-12-7)8(11)5-9/h7H,2-6H2,1H3. The monoisotopic (exact) mass is 235 g/mol. The number of carbonyl (C=O) groups excluding carboxylic acids is 1. The minimum Gasteiger partial charge on any atom is -0.375 e. The molecule has 0 aromatic heterocycles. The molecule has 1 aliphatic heterocycles. The van der Waals surface area contributed by atoms with Gasteiger partial charge in [0.25, 0.3) is 0 Å². The van der Waals surface area contributed by atoms with Crippen molar-refractivity contribution in [2.45, 2.75) is 19.4 Å². The number of hydrogen-bond donors (Lipinski definition) is 0. The summed E-state index contributed by atoms with van der Waals surface area (Å²) in [5, 5.41) is 0.420. The van der Waals surface area contributed by atoms with Crippen LogP contribution in [0.2, 0.25) is 0 Å². The molecule has 1 unspecified atom stereocenters. The Hall–Kier alpha value is -0.0900. The van der Waals surface area contributed by atoms with Gasteiger partial charge in [-0.15, -0.1) is 0 Å². The molecule has 1 heterocycles. The lowest BCUT2D eigenvalue weighted by molar-refractivity contribution is -0.135. The number of carbonyl (C=O) groups is 1. The number of hydrogen-bond acceptors (Lipinski definition) is 2. The molecule has 1 aliphatic rings. The lowest BCUT2D eigenvalue weighted by atomic mass is 10.2. The van der Waals surface area contributed by atoms with E-state index in [1.165, 1.54) is 0 Å². The van der Waals surface area contributed by atoms with Crippen molar-refractivity contribution in [2.24, 2.45) is 0 Å². The Morgan fingerprint density at radius 1 is 1.75 bits per heavy atom. The number of alkyl halides is 1. The molecule has 0 saturated carbocycles. The molecule has 1 atom stereocenters. The Kier molecular flexibility index (Phi) is 4.01. The maximum Gasteiger partial charge on any atom is 0.233 e. The molecule has 1 saturated heterocycles. The van der Waals surface area contributed by atoms with Crippen LogP contribution in [0, 0.1) is 0 Å². The first-order chi connectivity index (χ1) is 5.77. The van der Waals surface area contributed by atoms with Crippen LogP contribution in [-0.4, -0.2) is 41.9 Å². The van der Waals surface area contributed by atoms with Gasteiger partial charge in [-0.2, -0.15) is 0 Å². The van der Waals surface area contributed by atoms with Crippen LogP contribution < -0.4 is 0 Å². The number of nitrogens with zero attached hydrogens (tertiary/aromatic N) is 1. The minimum absolute atomic E-state index is 0.164. The van der Waals surface area contributed by atoms with Crippen molar-refractivity contribution in [1.82, 2.24) is 4.90 Å². The van der Waals surface area contributed by atoms with Crippen LogP contribution in [0.4, 0.5) is 0 Å². The van der Waals surface area contributed by atoms with Crippen LogP contribution in [0.5, 0.6) is 0 Å². The van der Waals surface area contributed by atoms with Crippen molar-refractivity contribution in [3.05, 3.63) is 0 Å². The van der Waals surface area contributed by atoms with E-state index in [4.69, 9.17) is 4.74 Å². The average Bonchev–Trinajstić information content (AvgIpc) is 2.17. The van der Waals surface area contributed by atoms with Crippen molar-refractivity contribution >= 4 is 21.8 Å². The summed E-state index contributed by atoms with van der Waals surface area (Å²) in [6.07, 6.45) is 1.22. The molecule has 0 aromatic carbocycles. The quantitative estimate of drug-likeness (QED) is 0.670. The van der Waals surface area contributed by atoms with Gasteiger partial charge in [0.1, 0.15) is 0 Å². The molecule has 0 aromatic rings. The zero-order valence-corrected chi connectivity index (χ0v) is 8.84. The fraction of sp³-hybridized carbons (Fsp3) is 0.875. The highest BCUT2D eigenvalue weighted by Crippen LogP contribution is 2.08. The van der Waals surface area contributed by atoms with E-state index in [2.05, 4.69) is 22.9 Å². The first-order valence-electron chi connectivity index (χ1n) is 4.23. The van der Waals surface area contributed by atoms with Crippen LogP contribution in [0.1, 0.15) is 13.3 Å².